The van der Waals surface area contributed by atoms with Crippen molar-refractivity contribution in [1.29, 1.82) is 0 Å². The number of ether oxygens (including phenoxy) is 1. The number of aryl methyl sites for hydroxylation is 2. The van der Waals surface area contributed by atoms with Crippen LogP contribution in [0.4, 0.5) is 4.79 Å². The predicted octanol–water partition coefficient (Wildman–Crippen LogP) is 3.37. The van der Waals surface area contributed by atoms with Gasteiger partial charge in [-0.2, -0.15) is 0 Å². The highest BCUT2D eigenvalue weighted by Gasteiger charge is 2.26. The highest BCUT2D eigenvalue weighted by molar-refractivity contribution is 5.68. The second-order valence-corrected chi connectivity index (χ2v) is 7.84. The molecule has 2 aromatic rings. The lowest BCUT2D eigenvalue weighted by molar-refractivity contribution is 0.0471. The summed E-state index contributed by atoms with van der Waals surface area (Å²) in [5.41, 5.74) is 1.17. The number of nitrogens with one attached hydrogen (secondary N) is 1. The SMILES string of the molecule is CC(C)(Cc1cncn1CCc1ccccn1)NC(=O)OC(C)(C)C. The Morgan fingerprint density at radius 3 is 2.64 bits per heavy atom. The summed E-state index contributed by atoms with van der Waals surface area (Å²) in [5, 5.41) is 2.94. The molecule has 0 aromatic carbocycles. The van der Waals surface area contributed by atoms with E-state index < -0.39 is 17.2 Å². The maximum absolute atomic E-state index is 12.0. The van der Waals surface area contributed by atoms with E-state index in [0.29, 0.717) is 6.42 Å². The molecule has 2 rings (SSSR count). The molecule has 0 saturated carbocycles. The number of aromatic nitrogens is 3. The minimum Gasteiger partial charge on any atom is -0.444 e. The first-order valence-electron chi connectivity index (χ1n) is 8.55. The summed E-state index contributed by atoms with van der Waals surface area (Å²) in [6, 6.07) is 5.92. The Hall–Kier alpha value is -2.37. The standard InChI is InChI=1S/C19H28N4O2/c1-18(2,3)25-17(24)22-19(4,5)12-16-13-20-14-23(16)11-9-15-8-6-7-10-21-15/h6-8,10,13-14H,9,11-12H2,1-5H3,(H,22,24). The molecular formula is C19H28N4O2. The minimum atomic E-state index is -0.509. The predicted molar refractivity (Wildman–Crippen MR) is 97.3 cm³/mol. The van der Waals surface area contributed by atoms with Crippen LogP contribution in [0.3, 0.4) is 0 Å². The average molecular weight is 344 g/mol. The quantitative estimate of drug-likeness (QED) is 0.872. The van der Waals surface area contributed by atoms with Gasteiger partial charge in [-0.15, -0.1) is 0 Å². The molecule has 0 saturated heterocycles. The summed E-state index contributed by atoms with van der Waals surface area (Å²) in [5.74, 6) is 0. The Bertz CT molecular complexity index is 687. The van der Waals surface area contributed by atoms with Gasteiger partial charge < -0.3 is 14.6 Å². The lowest BCUT2D eigenvalue weighted by Crippen LogP contribution is -2.47. The first-order chi connectivity index (χ1) is 11.6. The van der Waals surface area contributed by atoms with Crippen LogP contribution in [-0.2, 0) is 24.1 Å². The van der Waals surface area contributed by atoms with E-state index in [1.54, 1.807) is 6.20 Å². The number of hydrogen-bond acceptors (Lipinski definition) is 4. The van der Waals surface area contributed by atoms with Crippen molar-refractivity contribution in [2.45, 2.75) is 65.1 Å². The lowest BCUT2D eigenvalue weighted by atomic mass is 9.99. The van der Waals surface area contributed by atoms with Gasteiger partial charge in [0.25, 0.3) is 0 Å². The lowest BCUT2D eigenvalue weighted by Gasteiger charge is -2.29. The van der Waals surface area contributed by atoms with Gasteiger partial charge in [-0.1, -0.05) is 6.07 Å². The third-order valence-electron chi connectivity index (χ3n) is 3.60. The fourth-order valence-corrected chi connectivity index (χ4v) is 2.55. The highest BCUT2D eigenvalue weighted by atomic mass is 16.6. The van der Waals surface area contributed by atoms with Crippen LogP contribution < -0.4 is 5.32 Å². The van der Waals surface area contributed by atoms with Gasteiger partial charge in [0, 0.05) is 48.7 Å². The number of amides is 1. The van der Waals surface area contributed by atoms with E-state index in [1.807, 2.05) is 65.3 Å². The molecule has 0 fully saturated rings. The molecule has 136 valence electrons. The molecule has 0 aliphatic heterocycles. The van der Waals surface area contributed by atoms with Crippen LogP contribution >= 0.6 is 0 Å². The third-order valence-corrected chi connectivity index (χ3v) is 3.60. The monoisotopic (exact) mass is 344 g/mol. The molecule has 2 heterocycles. The van der Waals surface area contributed by atoms with Crippen molar-refractivity contribution in [2.24, 2.45) is 0 Å². The van der Waals surface area contributed by atoms with E-state index in [0.717, 1.165) is 24.4 Å². The number of imidazole rings is 1. The van der Waals surface area contributed by atoms with Gasteiger partial charge in [0.1, 0.15) is 5.60 Å². The Morgan fingerprint density at radius 2 is 2.00 bits per heavy atom. The number of alkyl carbamates (subject to hydrolysis) is 1. The van der Waals surface area contributed by atoms with Crippen molar-refractivity contribution in [3.8, 4) is 0 Å². The topological polar surface area (TPSA) is 69.0 Å². The molecule has 6 heteroatoms. The number of rotatable bonds is 6. The number of carbonyl (C=O) groups excluding carboxylic acids is 1. The molecule has 0 atom stereocenters. The summed E-state index contributed by atoms with van der Waals surface area (Å²) in [6.07, 6.45) is 6.56. The van der Waals surface area contributed by atoms with Gasteiger partial charge in [-0.05, 0) is 46.8 Å². The molecule has 1 amide bonds. The third kappa shape index (κ3) is 6.57. The van der Waals surface area contributed by atoms with Gasteiger partial charge in [-0.25, -0.2) is 9.78 Å². The summed E-state index contributed by atoms with van der Waals surface area (Å²) < 4.78 is 7.45. The van der Waals surface area contributed by atoms with E-state index in [1.165, 1.54) is 0 Å². The normalized spacial score (nSPS) is 12.0. The van der Waals surface area contributed by atoms with E-state index in [4.69, 9.17) is 4.74 Å². The van der Waals surface area contributed by atoms with Gasteiger partial charge >= 0.3 is 6.09 Å². The largest absolute Gasteiger partial charge is 0.444 e. The zero-order chi connectivity index (χ0) is 18.5. The molecule has 0 bridgehead atoms. The first-order valence-corrected chi connectivity index (χ1v) is 8.55. The fourth-order valence-electron chi connectivity index (χ4n) is 2.55. The first kappa shape index (κ1) is 19.0. The molecule has 0 aliphatic carbocycles. The van der Waals surface area contributed by atoms with Crippen LogP contribution in [0.1, 0.15) is 46.0 Å². The second kappa shape index (κ2) is 7.68. The Morgan fingerprint density at radius 1 is 1.24 bits per heavy atom. The summed E-state index contributed by atoms with van der Waals surface area (Å²) in [6.45, 7) is 10.3. The molecule has 0 radical (unpaired) electrons. The second-order valence-electron chi connectivity index (χ2n) is 7.84. The van der Waals surface area contributed by atoms with Crippen LogP contribution in [0, 0.1) is 0 Å². The van der Waals surface area contributed by atoms with Crippen LogP contribution in [0.2, 0.25) is 0 Å². The van der Waals surface area contributed by atoms with Crippen molar-refractivity contribution >= 4 is 6.09 Å². The zero-order valence-electron chi connectivity index (χ0n) is 15.7. The van der Waals surface area contributed by atoms with Crippen LogP contribution in [0.5, 0.6) is 0 Å². The summed E-state index contributed by atoms with van der Waals surface area (Å²) in [4.78, 5) is 20.6. The Labute approximate surface area is 149 Å². The maximum atomic E-state index is 12.0. The number of hydrogen-bond donors (Lipinski definition) is 1. The van der Waals surface area contributed by atoms with Crippen molar-refractivity contribution < 1.29 is 9.53 Å². The van der Waals surface area contributed by atoms with E-state index in [-0.39, 0.29) is 0 Å². The molecule has 25 heavy (non-hydrogen) atoms. The molecular weight excluding hydrogens is 316 g/mol. The van der Waals surface area contributed by atoms with Crippen molar-refractivity contribution in [2.75, 3.05) is 0 Å². The molecule has 6 nitrogen and oxygen atoms in total. The van der Waals surface area contributed by atoms with Gasteiger partial charge in [0.05, 0.1) is 6.33 Å². The van der Waals surface area contributed by atoms with Gasteiger partial charge in [0.2, 0.25) is 0 Å². The van der Waals surface area contributed by atoms with Crippen molar-refractivity contribution in [3.63, 3.8) is 0 Å². The molecule has 1 N–H and O–H groups in total. The van der Waals surface area contributed by atoms with E-state index >= 15 is 0 Å². The van der Waals surface area contributed by atoms with Gasteiger partial charge in [0.15, 0.2) is 0 Å². The Kier molecular flexibility index (Phi) is 5.82. The Balaban J connectivity index is 1.95. The molecule has 0 unspecified atom stereocenters. The van der Waals surface area contributed by atoms with E-state index in [9.17, 15) is 4.79 Å². The highest BCUT2D eigenvalue weighted by Crippen LogP contribution is 2.15. The summed E-state index contributed by atoms with van der Waals surface area (Å²) >= 11 is 0. The molecule has 0 aliphatic rings. The van der Waals surface area contributed by atoms with Crippen molar-refractivity contribution in [1.82, 2.24) is 19.9 Å². The smallest absolute Gasteiger partial charge is 0.408 e. The molecule has 0 spiro atoms. The summed E-state index contributed by atoms with van der Waals surface area (Å²) in [7, 11) is 0. The van der Waals surface area contributed by atoms with Crippen molar-refractivity contribution in [3.05, 3.63) is 48.3 Å². The van der Waals surface area contributed by atoms with E-state index in [2.05, 4.69) is 19.9 Å². The van der Waals surface area contributed by atoms with Crippen LogP contribution in [0.25, 0.3) is 0 Å². The average Bonchev–Trinajstić information content (AvgIpc) is 2.89. The van der Waals surface area contributed by atoms with Gasteiger partial charge in [-0.3, -0.25) is 4.98 Å². The molecule has 2 aromatic heterocycles. The van der Waals surface area contributed by atoms with Crippen LogP contribution in [0.15, 0.2) is 36.9 Å². The van der Waals surface area contributed by atoms with Crippen LogP contribution in [-0.4, -0.2) is 31.8 Å². The fraction of sp³-hybridized carbons (Fsp3) is 0.526. The maximum Gasteiger partial charge on any atom is 0.408 e. The number of pyridine rings is 1. The number of carbonyl (C=O) groups is 1. The zero-order valence-corrected chi connectivity index (χ0v) is 15.7. The number of nitrogens with zero attached hydrogens (tertiary/aromatic N) is 3. The minimum absolute atomic E-state index is 0.406.